The van der Waals surface area contributed by atoms with Gasteiger partial charge in [0.05, 0.1) is 6.42 Å². The highest BCUT2D eigenvalue weighted by Gasteiger charge is 2.13. The summed E-state index contributed by atoms with van der Waals surface area (Å²) < 4.78 is 10.7. The zero-order valence-electron chi connectivity index (χ0n) is 15.1. The first-order chi connectivity index (χ1) is 13.7. The number of rotatable bonds is 6. The maximum Gasteiger partial charge on any atom is 0.231 e. The summed E-state index contributed by atoms with van der Waals surface area (Å²) in [7, 11) is 0. The van der Waals surface area contributed by atoms with E-state index in [0.29, 0.717) is 18.0 Å². The summed E-state index contributed by atoms with van der Waals surface area (Å²) in [6.45, 7) is 0.941. The number of hydrogen-bond donors (Lipinski definition) is 2. The second-order valence-electron chi connectivity index (χ2n) is 6.47. The van der Waals surface area contributed by atoms with Crippen molar-refractivity contribution in [3.8, 4) is 11.5 Å². The number of anilines is 2. The Morgan fingerprint density at radius 3 is 2.32 bits per heavy atom. The normalized spacial score (nSPS) is 11.9. The van der Waals surface area contributed by atoms with Crippen LogP contribution in [0.3, 0.4) is 0 Å². The van der Waals surface area contributed by atoms with E-state index in [0.717, 1.165) is 34.0 Å². The number of carbonyl (C=O) groups excluding carboxylic acids is 1. The third-order valence-electron chi connectivity index (χ3n) is 4.38. The third-order valence-corrected chi connectivity index (χ3v) is 4.63. The van der Waals surface area contributed by atoms with Crippen LogP contribution in [0.2, 0.25) is 5.02 Å². The lowest BCUT2D eigenvalue weighted by molar-refractivity contribution is -0.115. The minimum Gasteiger partial charge on any atom is -0.454 e. The van der Waals surface area contributed by atoms with E-state index in [1.54, 1.807) is 12.1 Å². The van der Waals surface area contributed by atoms with Crippen molar-refractivity contribution in [1.29, 1.82) is 0 Å². The summed E-state index contributed by atoms with van der Waals surface area (Å²) in [5.41, 5.74) is 3.74. The van der Waals surface area contributed by atoms with E-state index in [1.807, 2.05) is 54.6 Å². The van der Waals surface area contributed by atoms with Crippen molar-refractivity contribution in [1.82, 2.24) is 0 Å². The number of ether oxygens (including phenoxy) is 2. The topological polar surface area (TPSA) is 59.6 Å². The molecule has 1 heterocycles. The molecule has 0 saturated carbocycles. The van der Waals surface area contributed by atoms with Crippen LogP contribution < -0.4 is 20.1 Å². The van der Waals surface area contributed by atoms with Gasteiger partial charge in [-0.2, -0.15) is 0 Å². The number of carbonyl (C=O) groups is 1. The first-order valence-corrected chi connectivity index (χ1v) is 9.30. The van der Waals surface area contributed by atoms with Crippen molar-refractivity contribution in [2.24, 2.45) is 0 Å². The first kappa shape index (κ1) is 18.2. The summed E-state index contributed by atoms with van der Waals surface area (Å²) in [5, 5.41) is 6.92. The third kappa shape index (κ3) is 4.56. The van der Waals surface area contributed by atoms with Gasteiger partial charge in [-0.1, -0.05) is 29.8 Å². The summed E-state index contributed by atoms with van der Waals surface area (Å²) >= 11 is 5.86. The van der Waals surface area contributed by atoms with Gasteiger partial charge in [-0.25, -0.2) is 0 Å². The monoisotopic (exact) mass is 394 g/mol. The van der Waals surface area contributed by atoms with E-state index in [2.05, 4.69) is 10.6 Å². The van der Waals surface area contributed by atoms with Gasteiger partial charge in [0.2, 0.25) is 12.7 Å². The van der Waals surface area contributed by atoms with Gasteiger partial charge >= 0.3 is 0 Å². The van der Waals surface area contributed by atoms with E-state index in [9.17, 15) is 4.79 Å². The van der Waals surface area contributed by atoms with Crippen LogP contribution >= 0.6 is 11.6 Å². The van der Waals surface area contributed by atoms with Crippen LogP contribution in [0.15, 0.2) is 66.7 Å². The fourth-order valence-electron chi connectivity index (χ4n) is 2.92. The molecule has 0 saturated heterocycles. The summed E-state index contributed by atoms with van der Waals surface area (Å²) in [6.07, 6.45) is 0.307. The van der Waals surface area contributed by atoms with Crippen molar-refractivity contribution >= 4 is 28.9 Å². The summed E-state index contributed by atoms with van der Waals surface area (Å²) in [4.78, 5) is 12.2. The van der Waals surface area contributed by atoms with Gasteiger partial charge in [-0.3, -0.25) is 4.79 Å². The van der Waals surface area contributed by atoms with Crippen molar-refractivity contribution in [2.75, 3.05) is 17.4 Å². The number of hydrogen-bond acceptors (Lipinski definition) is 4. The Balaban J connectivity index is 1.29. The van der Waals surface area contributed by atoms with Crippen LogP contribution in [-0.4, -0.2) is 12.7 Å². The lowest BCUT2D eigenvalue weighted by Gasteiger charge is -2.09. The molecule has 1 amide bonds. The van der Waals surface area contributed by atoms with E-state index >= 15 is 0 Å². The zero-order chi connectivity index (χ0) is 19.3. The molecular formula is C22H19ClN2O3. The second kappa shape index (κ2) is 8.23. The fourth-order valence-corrected chi connectivity index (χ4v) is 3.05. The van der Waals surface area contributed by atoms with E-state index in [-0.39, 0.29) is 12.7 Å². The Morgan fingerprint density at radius 1 is 0.857 bits per heavy atom. The number of nitrogens with one attached hydrogen (secondary N) is 2. The molecule has 3 aromatic carbocycles. The molecule has 0 fully saturated rings. The number of halogens is 1. The average molecular weight is 395 g/mol. The molecule has 6 heteroatoms. The zero-order valence-corrected chi connectivity index (χ0v) is 15.8. The maximum absolute atomic E-state index is 12.2. The summed E-state index contributed by atoms with van der Waals surface area (Å²) in [6, 6.07) is 20.8. The van der Waals surface area contributed by atoms with Gasteiger partial charge in [-0.15, -0.1) is 0 Å². The molecule has 0 spiro atoms. The molecule has 4 rings (SSSR count). The molecule has 0 bridgehead atoms. The highest BCUT2D eigenvalue weighted by molar-refractivity contribution is 6.30. The molecule has 1 aliphatic heterocycles. The number of amides is 1. The number of benzene rings is 3. The predicted molar refractivity (Wildman–Crippen MR) is 110 cm³/mol. The van der Waals surface area contributed by atoms with Crippen LogP contribution in [0.4, 0.5) is 11.4 Å². The summed E-state index contributed by atoms with van der Waals surface area (Å²) in [5.74, 6) is 1.49. The molecule has 0 radical (unpaired) electrons. The Kier molecular flexibility index (Phi) is 5.35. The lowest BCUT2D eigenvalue weighted by Crippen LogP contribution is -2.14. The largest absolute Gasteiger partial charge is 0.454 e. The quantitative estimate of drug-likeness (QED) is 0.626. The van der Waals surface area contributed by atoms with E-state index in [4.69, 9.17) is 21.1 Å². The second-order valence-corrected chi connectivity index (χ2v) is 6.91. The maximum atomic E-state index is 12.2. The molecule has 0 aromatic heterocycles. The standard InChI is InChI=1S/C22H19ClN2O3/c23-17-4-1-15(2-5-17)12-22(26)25-19-8-6-18(7-9-19)24-13-16-3-10-20-21(11-16)28-14-27-20/h1-11,24H,12-14H2,(H,25,26). The Bertz CT molecular complexity index is 972. The van der Waals surface area contributed by atoms with Gasteiger partial charge < -0.3 is 20.1 Å². The molecule has 0 aliphatic carbocycles. The van der Waals surface area contributed by atoms with Crippen LogP contribution in [0, 0.1) is 0 Å². The molecule has 2 N–H and O–H groups in total. The molecule has 0 unspecified atom stereocenters. The Labute approximate surface area is 168 Å². The van der Waals surface area contributed by atoms with Gasteiger partial charge in [0.25, 0.3) is 0 Å². The smallest absolute Gasteiger partial charge is 0.231 e. The molecule has 3 aromatic rings. The molecule has 0 atom stereocenters. The SMILES string of the molecule is O=C(Cc1ccc(Cl)cc1)Nc1ccc(NCc2ccc3c(c2)OCO3)cc1. The molecular weight excluding hydrogens is 376 g/mol. The van der Waals surface area contributed by atoms with Crippen LogP contribution in [0.25, 0.3) is 0 Å². The fraction of sp³-hybridized carbons (Fsp3) is 0.136. The van der Waals surface area contributed by atoms with Crippen LogP contribution in [0.5, 0.6) is 11.5 Å². The average Bonchev–Trinajstić information content (AvgIpc) is 3.17. The van der Waals surface area contributed by atoms with E-state index < -0.39 is 0 Å². The lowest BCUT2D eigenvalue weighted by atomic mass is 10.1. The van der Waals surface area contributed by atoms with Crippen molar-refractivity contribution in [3.05, 3.63) is 82.9 Å². The van der Waals surface area contributed by atoms with E-state index in [1.165, 1.54) is 0 Å². The van der Waals surface area contributed by atoms with Crippen molar-refractivity contribution in [2.45, 2.75) is 13.0 Å². The highest BCUT2D eigenvalue weighted by atomic mass is 35.5. The van der Waals surface area contributed by atoms with Gasteiger partial charge in [0.15, 0.2) is 11.5 Å². The van der Waals surface area contributed by atoms with Crippen molar-refractivity contribution in [3.63, 3.8) is 0 Å². The molecule has 142 valence electrons. The van der Waals surface area contributed by atoms with Crippen LogP contribution in [0.1, 0.15) is 11.1 Å². The predicted octanol–water partition coefficient (Wildman–Crippen LogP) is 4.86. The first-order valence-electron chi connectivity index (χ1n) is 8.92. The van der Waals surface area contributed by atoms with Gasteiger partial charge in [0.1, 0.15) is 0 Å². The molecule has 1 aliphatic rings. The Hall–Kier alpha value is -3.18. The van der Waals surface area contributed by atoms with Crippen molar-refractivity contribution < 1.29 is 14.3 Å². The molecule has 28 heavy (non-hydrogen) atoms. The minimum atomic E-state index is -0.0663. The van der Waals surface area contributed by atoms with Gasteiger partial charge in [-0.05, 0) is 59.7 Å². The number of fused-ring (bicyclic) bond motifs is 1. The highest BCUT2D eigenvalue weighted by Crippen LogP contribution is 2.32. The van der Waals surface area contributed by atoms with Gasteiger partial charge in [0, 0.05) is 22.9 Å². The Morgan fingerprint density at radius 2 is 1.54 bits per heavy atom. The van der Waals surface area contributed by atoms with Crippen LogP contribution in [-0.2, 0) is 17.8 Å². The minimum absolute atomic E-state index is 0.0663. The molecule has 5 nitrogen and oxygen atoms in total.